The molecule has 0 saturated heterocycles. The van der Waals surface area contributed by atoms with Crippen LogP contribution in [0.3, 0.4) is 0 Å². The highest BCUT2D eigenvalue weighted by Gasteiger charge is 2.59. The van der Waals surface area contributed by atoms with Gasteiger partial charge in [0.2, 0.25) is 5.91 Å². The Morgan fingerprint density at radius 3 is 2.41 bits per heavy atom. The zero-order chi connectivity index (χ0) is 35.3. The van der Waals surface area contributed by atoms with Crippen molar-refractivity contribution in [2.45, 2.75) is 124 Å². The van der Waals surface area contributed by atoms with Crippen molar-refractivity contribution >= 4 is 11.9 Å². The van der Waals surface area contributed by atoms with Crippen molar-refractivity contribution in [2.24, 2.45) is 51.5 Å². The van der Waals surface area contributed by atoms with Gasteiger partial charge in [0.25, 0.3) is 0 Å². The molecule has 1 N–H and O–H groups in total. The first-order chi connectivity index (χ1) is 23.6. The van der Waals surface area contributed by atoms with Crippen LogP contribution < -0.4 is 5.32 Å². The molecule has 0 bridgehead atoms. The van der Waals surface area contributed by atoms with Crippen LogP contribution in [-0.4, -0.2) is 70.7 Å². The van der Waals surface area contributed by atoms with E-state index in [1.165, 1.54) is 56.9 Å². The summed E-state index contributed by atoms with van der Waals surface area (Å²) in [7, 11) is 0. The van der Waals surface area contributed by atoms with Gasteiger partial charge in [0.05, 0.1) is 46.1 Å². The number of azide groups is 1. The topological polar surface area (TPSA) is 132 Å². The van der Waals surface area contributed by atoms with E-state index in [0.717, 1.165) is 54.8 Å². The van der Waals surface area contributed by atoms with Crippen LogP contribution in [0.1, 0.15) is 118 Å². The Kier molecular flexibility index (Phi) is 15.8. The number of carbonyl (C=O) groups is 2. The van der Waals surface area contributed by atoms with E-state index in [1.807, 2.05) is 0 Å². The van der Waals surface area contributed by atoms with Gasteiger partial charge in [-0.2, -0.15) is 0 Å². The highest BCUT2D eigenvalue weighted by Crippen LogP contribution is 2.67. The minimum atomic E-state index is -0.277. The number of carbonyl (C=O) groups excluding carboxylic acids is 2. The molecule has 0 aromatic rings. The predicted octanol–water partition coefficient (Wildman–Crippen LogP) is 8.20. The summed E-state index contributed by atoms with van der Waals surface area (Å²) in [6.45, 7) is 15.6. The van der Waals surface area contributed by atoms with Crippen LogP contribution in [-0.2, 0) is 28.5 Å². The first-order valence-electron chi connectivity index (χ1n) is 19.5. The van der Waals surface area contributed by atoms with Gasteiger partial charge < -0.3 is 24.3 Å². The van der Waals surface area contributed by atoms with Crippen LogP contribution in [0.25, 0.3) is 10.4 Å². The summed E-state index contributed by atoms with van der Waals surface area (Å²) in [6, 6.07) is 0. The smallest absolute Gasteiger partial charge is 0.306 e. The Hall–Kier alpha value is -2.13. The molecule has 8 atom stereocenters. The third-order valence-corrected chi connectivity index (χ3v) is 12.8. The van der Waals surface area contributed by atoms with E-state index in [2.05, 4.69) is 56.0 Å². The highest BCUT2D eigenvalue weighted by molar-refractivity contribution is 5.81. The average Bonchev–Trinajstić information content (AvgIpc) is 3.43. The van der Waals surface area contributed by atoms with Gasteiger partial charge in [0, 0.05) is 30.8 Å². The maximum absolute atomic E-state index is 12.7. The van der Waals surface area contributed by atoms with Crippen molar-refractivity contribution in [3.8, 4) is 0 Å². The minimum Gasteiger partial charge on any atom is -0.462 e. The molecule has 4 aliphatic carbocycles. The minimum absolute atomic E-state index is 0.0808. The van der Waals surface area contributed by atoms with Crippen LogP contribution >= 0.6 is 0 Å². The van der Waals surface area contributed by atoms with Gasteiger partial charge in [0.1, 0.15) is 6.10 Å². The zero-order valence-electron chi connectivity index (χ0n) is 31.3. The van der Waals surface area contributed by atoms with Crippen molar-refractivity contribution in [3.63, 3.8) is 0 Å². The van der Waals surface area contributed by atoms with Gasteiger partial charge in [-0.3, -0.25) is 9.59 Å². The Balaban J connectivity index is 1.11. The molecule has 4 aliphatic rings. The molecule has 0 heterocycles. The zero-order valence-corrected chi connectivity index (χ0v) is 31.3. The number of nitrogens with zero attached hydrogens (tertiary/aromatic N) is 3. The summed E-state index contributed by atoms with van der Waals surface area (Å²) in [6.07, 6.45) is 16.4. The lowest BCUT2D eigenvalue weighted by molar-refractivity contribution is -0.152. The molecule has 0 aromatic carbocycles. The van der Waals surface area contributed by atoms with E-state index in [9.17, 15) is 9.59 Å². The first-order valence-corrected chi connectivity index (χ1v) is 19.5. The fourth-order valence-electron chi connectivity index (χ4n) is 10.3. The molecule has 0 unspecified atom stereocenters. The monoisotopic (exact) mass is 686 g/mol. The van der Waals surface area contributed by atoms with Gasteiger partial charge in [-0.15, -0.1) is 0 Å². The Labute approximate surface area is 295 Å². The summed E-state index contributed by atoms with van der Waals surface area (Å²) in [4.78, 5) is 27.7. The standard InChI is InChI=1S/C39H66N4O6/c1-28(2)7-6-8-29(3)33-11-12-34-32-10-9-30-27-31(15-17-38(30,4)35(32)16-18-39(33,34)5)49-37(45)14-13-36(44)41-19-21-46-23-25-48-26-24-47-22-20-42-43-40/h9,28-29,31-35H,6-8,10-27H2,1-5H3,(H,41,44)/t29-,31+,32+,33-,34+,35+,38+,39-/m1/s1. The van der Waals surface area contributed by atoms with E-state index >= 15 is 0 Å². The third-order valence-electron chi connectivity index (χ3n) is 12.8. The summed E-state index contributed by atoms with van der Waals surface area (Å²) < 4.78 is 22.1. The molecule has 1 amide bonds. The molecular weight excluding hydrogens is 620 g/mol. The molecule has 10 nitrogen and oxygen atoms in total. The van der Waals surface area contributed by atoms with Crippen molar-refractivity contribution < 1.29 is 28.5 Å². The van der Waals surface area contributed by atoms with Gasteiger partial charge in [-0.05, 0) is 96.8 Å². The lowest BCUT2D eigenvalue weighted by Crippen LogP contribution is -2.51. The second-order valence-corrected chi connectivity index (χ2v) is 16.3. The number of amides is 1. The summed E-state index contributed by atoms with van der Waals surface area (Å²) in [5, 5.41) is 6.20. The molecule has 49 heavy (non-hydrogen) atoms. The van der Waals surface area contributed by atoms with Gasteiger partial charge >= 0.3 is 5.97 Å². The molecule has 10 heteroatoms. The molecule has 0 radical (unpaired) electrons. The molecular formula is C39H66N4O6. The Morgan fingerprint density at radius 2 is 1.67 bits per heavy atom. The largest absolute Gasteiger partial charge is 0.462 e. The molecule has 4 rings (SSSR count). The van der Waals surface area contributed by atoms with E-state index in [1.54, 1.807) is 0 Å². The maximum atomic E-state index is 12.7. The number of hydrogen-bond acceptors (Lipinski definition) is 7. The maximum Gasteiger partial charge on any atom is 0.306 e. The van der Waals surface area contributed by atoms with E-state index in [4.69, 9.17) is 24.5 Å². The SMILES string of the molecule is CC(C)CCC[C@@H](C)[C@H]1CC[C@H]2[C@@H]3CC=C4C[C@@H](OC(=O)CCC(=O)NCCOCCOCCOCCN=[N+]=[N-])CC[C@]4(C)[C@H]3CC[C@]12C. The number of ether oxygens (including phenoxy) is 4. The first kappa shape index (κ1) is 39.7. The fraction of sp³-hybridized carbons (Fsp3) is 0.897. The summed E-state index contributed by atoms with van der Waals surface area (Å²) in [5.74, 6) is 4.46. The van der Waals surface area contributed by atoms with E-state index in [-0.39, 0.29) is 36.2 Å². The number of nitrogens with one attached hydrogen (secondary N) is 1. The van der Waals surface area contributed by atoms with Crippen LogP contribution in [0.15, 0.2) is 16.8 Å². The summed E-state index contributed by atoms with van der Waals surface area (Å²) in [5.41, 5.74) is 10.4. The van der Waals surface area contributed by atoms with Crippen molar-refractivity contribution in [1.82, 2.24) is 5.32 Å². The molecule has 0 spiro atoms. The number of esters is 1. The Morgan fingerprint density at radius 1 is 0.939 bits per heavy atom. The number of hydrogen-bond donors (Lipinski definition) is 1. The van der Waals surface area contributed by atoms with E-state index in [0.29, 0.717) is 58.1 Å². The van der Waals surface area contributed by atoms with Crippen LogP contribution in [0, 0.1) is 46.3 Å². The average molecular weight is 687 g/mol. The highest BCUT2D eigenvalue weighted by atomic mass is 16.5. The van der Waals surface area contributed by atoms with Gasteiger partial charge in [-0.25, -0.2) is 0 Å². The van der Waals surface area contributed by atoms with Crippen molar-refractivity contribution in [3.05, 3.63) is 22.1 Å². The second kappa shape index (κ2) is 19.5. The third kappa shape index (κ3) is 10.9. The van der Waals surface area contributed by atoms with Crippen molar-refractivity contribution in [2.75, 3.05) is 52.7 Å². The normalized spacial score (nSPS) is 31.1. The van der Waals surface area contributed by atoms with E-state index < -0.39 is 0 Å². The van der Waals surface area contributed by atoms with Crippen LogP contribution in [0.5, 0.6) is 0 Å². The number of allylic oxidation sites excluding steroid dienone is 1. The lowest BCUT2D eigenvalue weighted by atomic mass is 9.47. The quantitative estimate of drug-likeness (QED) is 0.0323. The van der Waals surface area contributed by atoms with Gasteiger partial charge in [0.15, 0.2) is 0 Å². The molecule has 0 aromatic heterocycles. The van der Waals surface area contributed by atoms with Crippen LogP contribution in [0.4, 0.5) is 0 Å². The second-order valence-electron chi connectivity index (χ2n) is 16.3. The fourth-order valence-corrected chi connectivity index (χ4v) is 10.3. The predicted molar refractivity (Wildman–Crippen MR) is 192 cm³/mol. The van der Waals surface area contributed by atoms with Crippen molar-refractivity contribution in [1.29, 1.82) is 0 Å². The Bertz CT molecular complexity index is 1140. The molecule has 278 valence electrons. The molecule has 3 saturated carbocycles. The summed E-state index contributed by atoms with van der Waals surface area (Å²) >= 11 is 0. The number of fused-ring (bicyclic) bond motifs is 5. The number of rotatable bonds is 21. The molecule has 0 aliphatic heterocycles. The molecule has 3 fully saturated rings. The van der Waals surface area contributed by atoms with Gasteiger partial charge in [-0.1, -0.05) is 70.6 Å². The lowest BCUT2D eigenvalue weighted by Gasteiger charge is -2.58. The van der Waals surface area contributed by atoms with Crippen LogP contribution in [0.2, 0.25) is 0 Å².